The van der Waals surface area contributed by atoms with E-state index in [0.717, 1.165) is 17.9 Å². The highest BCUT2D eigenvalue weighted by atomic mass is 16.3. The van der Waals surface area contributed by atoms with E-state index in [2.05, 4.69) is 24.1 Å². The first-order valence-electron chi connectivity index (χ1n) is 5.59. The van der Waals surface area contributed by atoms with Crippen LogP contribution >= 0.6 is 0 Å². The Kier molecular flexibility index (Phi) is 5.12. The lowest BCUT2D eigenvalue weighted by molar-refractivity contribution is 0.282. The Morgan fingerprint density at radius 1 is 1.40 bits per heavy atom. The zero-order valence-electron chi connectivity index (χ0n) is 9.53. The molecule has 15 heavy (non-hydrogen) atoms. The second-order valence-corrected chi connectivity index (χ2v) is 3.77. The standard InChI is InChI=1S/C12H20N2O/c1-3-10(4-2)8-14-12-7-11(9-15)5-6-13-12/h5-7,10,15H,3-4,8-9H2,1-2H3,(H,13,14). The summed E-state index contributed by atoms with van der Waals surface area (Å²) in [6, 6.07) is 3.71. The average molecular weight is 208 g/mol. The van der Waals surface area contributed by atoms with E-state index in [9.17, 15) is 0 Å². The van der Waals surface area contributed by atoms with Gasteiger partial charge in [0.15, 0.2) is 0 Å². The van der Waals surface area contributed by atoms with Crippen molar-refractivity contribution in [2.75, 3.05) is 11.9 Å². The van der Waals surface area contributed by atoms with Gasteiger partial charge >= 0.3 is 0 Å². The van der Waals surface area contributed by atoms with E-state index < -0.39 is 0 Å². The fourth-order valence-electron chi connectivity index (χ4n) is 1.50. The maximum absolute atomic E-state index is 8.98. The molecule has 84 valence electrons. The molecule has 1 aromatic heterocycles. The molecule has 0 aliphatic carbocycles. The van der Waals surface area contributed by atoms with Gasteiger partial charge < -0.3 is 10.4 Å². The lowest BCUT2D eigenvalue weighted by Gasteiger charge is -2.13. The molecule has 1 rings (SSSR count). The predicted octanol–water partition coefficient (Wildman–Crippen LogP) is 2.42. The molecular weight excluding hydrogens is 188 g/mol. The molecule has 0 atom stereocenters. The number of anilines is 1. The van der Waals surface area contributed by atoms with Crippen molar-refractivity contribution in [3.05, 3.63) is 23.9 Å². The minimum atomic E-state index is 0.0716. The minimum absolute atomic E-state index is 0.0716. The molecular formula is C12H20N2O. The van der Waals surface area contributed by atoms with Gasteiger partial charge in [0.1, 0.15) is 5.82 Å². The Morgan fingerprint density at radius 2 is 2.13 bits per heavy atom. The van der Waals surface area contributed by atoms with Crippen molar-refractivity contribution >= 4 is 5.82 Å². The van der Waals surface area contributed by atoms with Gasteiger partial charge in [-0.25, -0.2) is 4.98 Å². The maximum atomic E-state index is 8.98. The Labute approximate surface area is 91.5 Å². The van der Waals surface area contributed by atoms with Crippen molar-refractivity contribution in [2.24, 2.45) is 5.92 Å². The van der Waals surface area contributed by atoms with Gasteiger partial charge in [0.25, 0.3) is 0 Å². The van der Waals surface area contributed by atoms with Crippen LogP contribution < -0.4 is 5.32 Å². The number of nitrogens with zero attached hydrogens (tertiary/aromatic N) is 1. The summed E-state index contributed by atoms with van der Waals surface area (Å²) in [6.07, 6.45) is 4.09. The van der Waals surface area contributed by atoms with Crippen LogP contribution in [0.5, 0.6) is 0 Å². The number of hydrogen-bond acceptors (Lipinski definition) is 3. The predicted molar refractivity (Wildman–Crippen MR) is 62.7 cm³/mol. The Balaban J connectivity index is 2.49. The van der Waals surface area contributed by atoms with Gasteiger partial charge in [0.2, 0.25) is 0 Å². The monoisotopic (exact) mass is 208 g/mol. The highest BCUT2D eigenvalue weighted by molar-refractivity contribution is 5.37. The fourth-order valence-corrected chi connectivity index (χ4v) is 1.50. The number of nitrogens with one attached hydrogen (secondary N) is 1. The van der Waals surface area contributed by atoms with Gasteiger partial charge in [-0.05, 0) is 23.6 Å². The molecule has 0 bridgehead atoms. The molecule has 2 N–H and O–H groups in total. The van der Waals surface area contributed by atoms with Gasteiger partial charge in [-0.1, -0.05) is 26.7 Å². The first-order valence-corrected chi connectivity index (χ1v) is 5.59. The Bertz CT molecular complexity index is 285. The smallest absolute Gasteiger partial charge is 0.126 e. The summed E-state index contributed by atoms with van der Waals surface area (Å²) < 4.78 is 0. The number of rotatable bonds is 6. The number of aromatic nitrogens is 1. The highest BCUT2D eigenvalue weighted by Gasteiger charge is 2.03. The molecule has 0 radical (unpaired) electrons. The van der Waals surface area contributed by atoms with Gasteiger partial charge in [0.05, 0.1) is 6.61 Å². The zero-order chi connectivity index (χ0) is 11.1. The molecule has 0 saturated carbocycles. The first-order chi connectivity index (χ1) is 7.30. The second kappa shape index (κ2) is 6.40. The van der Waals surface area contributed by atoms with E-state index in [0.29, 0.717) is 5.92 Å². The van der Waals surface area contributed by atoms with E-state index in [4.69, 9.17) is 5.11 Å². The summed E-state index contributed by atoms with van der Waals surface area (Å²) in [5.41, 5.74) is 0.900. The topological polar surface area (TPSA) is 45.1 Å². The fraction of sp³-hybridized carbons (Fsp3) is 0.583. The van der Waals surface area contributed by atoms with Crippen molar-refractivity contribution < 1.29 is 5.11 Å². The van der Waals surface area contributed by atoms with Crippen LogP contribution in [0.25, 0.3) is 0 Å². The van der Waals surface area contributed by atoms with Crippen LogP contribution in [0.4, 0.5) is 5.82 Å². The SMILES string of the molecule is CCC(CC)CNc1cc(CO)ccn1. The number of aliphatic hydroxyl groups excluding tert-OH is 1. The number of pyridine rings is 1. The van der Waals surface area contributed by atoms with E-state index in [1.54, 1.807) is 6.20 Å². The quantitative estimate of drug-likeness (QED) is 0.754. The summed E-state index contributed by atoms with van der Waals surface area (Å²) in [5.74, 6) is 1.55. The van der Waals surface area contributed by atoms with Crippen LogP contribution in [-0.4, -0.2) is 16.6 Å². The number of aliphatic hydroxyl groups is 1. The van der Waals surface area contributed by atoms with Crippen LogP contribution in [0.2, 0.25) is 0 Å². The highest BCUT2D eigenvalue weighted by Crippen LogP contribution is 2.11. The van der Waals surface area contributed by atoms with Crippen molar-refractivity contribution in [2.45, 2.75) is 33.3 Å². The van der Waals surface area contributed by atoms with Crippen LogP contribution in [-0.2, 0) is 6.61 Å². The summed E-state index contributed by atoms with van der Waals surface area (Å²) in [6.45, 7) is 5.43. The molecule has 3 nitrogen and oxygen atoms in total. The van der Waals surface area contributed by atoms with Gasteiger partial charge in [-0.15, -0.1) is 0 Å². The first kappa shape index (κ1) is 12.0. The van der Waals surface area contributed by atoms with Crippen molar-refractivity contribution in [3.63, 3.8) is 0 Å². The lowest BCUT2D eigenvalue weighted by Crippen LogP contribution is -2.13. The molecule has 0 aliphatic heterocycles. The molecule has 1 heterocycles. The molecule has 0 saturated heterocycles. The van der Waals surface area contributed by atoms with Crippen LogP contribution in [0, 0.1) is 5.92 Å². The summed E-state index contributed by atoms with van der Waals surface area (Å²) in [5, 5.41) is 12.3. The molecule has 0 aromatic carbocycles. The van der Waals surface area contributed by atoms with Crippen LogP contribution in [0.15, 0.2) is 18.3 Å². The van der Waals surface area contributed by atoms with Gasteiger partial charge in [0, 0.05) is 12.7 Å². The van der Waals surface area contributed by atoms with Gasteiger partial charge in [-0.3, -0.25) is 0 Å². The third-order valence-corrected chi connectivity index (χ3v) is 2.73. The third-order valence-electron chi connectivity index (χ3n) is 2.73. The third kappa shape index (κ3) is 3.88. The lowest BCUT2D eigenvalue weighted by atomic mass is 10.0. The summed E-state index contributed by atoms with van der Waals surface area (Å²) >= 11 is 0. The summed E-state index contributed by atoms with van der Waals surface area (Å²) in [4.78, 5) is 4.21. The zero-order valence-corrected chi connectivity index (χ0v) is 9.53. The van der Waals surface area contributed by atoms with Crippen molar-refractivity contribution in [1.82, 2.24) is 4.98 Å². The van der Waals surface area contributed by atoms with Gasteiger partial charge in [-0.2, -0.15) is 0 Å². The van der Waals surface area contributed by atoms with Crippen LogP contribution in [0.3, 0.4) is 0 Å². The minimum Gasteiger partial charge on any atom is -0.392 e. The largest absolute Gasteiger partial charge is 0.392 e. The van der Waals surface area contributed by atoms with Crippen molar-refractivity contribution in [3.8, 4) is 0 Å². The van der Waals surface area contributed by atoms with E-state index in [-0.39, 0.29) is 6.61 Å². The molecule has 0 amide bonds. The summed E-state index contributed by atoms with van der Waals surface area (Å²) in [7, 11) is 0. The Hall–Kier alpha value is -1.09. The van der Waals surface area contributed by atoms with E-state index in [1.807, 2.05) is 12.1 Å². The molecule has 0 fully saturated rings. The molecule has 1 aromatic rings. The molecule has 0 aliphatic rings. The van der Waals surface area contributed by atoms with Crippen molar-refractivity contribution in [1.29, 1.82) is 0 Å². The van der Waals surface area contributed by atoms with E-state index in [1.165, 1.54) is 12.8 Å². The molecule has 3 heteroatoms. The molecule has 0 spiro atoms. The van der Waals surface area contributed by atoms with E-state index >= 15 is 0 Å². The molecule has 0 unspecified atom stereocenters. The maximum Gasteiger partial charge on any atom is 0.126 e. The van der Waals surface area contributed by atoms with Crippen LogP contribution in [0.1, 0.15) is 32.3 Å². The second-order valence-electron chi connectivity index (χ2n) is 3.77. The normalized spacial score (nSPS) is 10.7. The number of hydrogen-bond donors (Lipinski definition) is 2. The Morgan fingerprint density at radius 3 is 2.73 bits per heavy atom. The average Bonchev–Trinajstić information content (AvgIpc) is 2.31.